The summed E-state index contributed by atoms with van der Waals surface area (Å²) in [5.74, 6) is 2.35. The Morgan fingerprint density at radius 1 is 1.15 bits per heavy atom. The van der Waals surface area contributed by atoms with E-state index in [1.54, 1.807) is 44.6 Å². The van der Waals surface area contributed by atoms with Crippen molar-refractivity contribution in [1.29, 1.82) is 0 Å². The van der Waals surface area contributed by atoms with Crippen molar-refractivity contribution in [3.05, 3.63) is 63.2 Å². The van der Waals surface area contributed by atoms with Gasteiger partial charge in [-0.3, -0.25) is 10.1 Å². The zero-order valence-electron chi connectivity index (χ0n) is 15.1. The molecule has 137 valence electrons. The first-order chi connectivity index (χ1) is 12.5. The van der Waals surface area contributed by atoms with E-state index in [1.165, 1.54) is 6.92 Å². The molecule has 0 spiro atoms. The maximum absolute atomic E-state index is 11.2. The molecule has 1 aliphatic heterocycles. The Morgan fingerprint density at radius 2 is 1.81 bits per heavy atom. The van der Waals surface area contributed by atoms with Crippen LogP contribution < -0.4 is 18.9 Å². The van der Waals surface area contributed by atoms with Crippen LogP contribution in [0.15, 0.2) is 30.3 Å². The molecule has 1 radical (unpaired) electrons. The third kappa shape index (κ3) is 3.12. The Morgan fingerprint density at radius 3 is 2.35 bits per heavy atom. The summed E-state index contributed by atoms with van der Waals surface area (Å²) in [6.07, 6.45) is -0.0910. The first-order valence-electron chi connectivity index (χ1n) is 8.19. The number of rotatable bonds is 6. The highest BCUT2D eigenvalue weighted by atomic mass is 16.7. The number of nitro groups is 1. The normalized spacial score (nSPS) is 15.2. The summed E-state index contributed by atoms with van der Waals surface area (Å²) >= 11 is 0. The van der Waals surface area contributed by atoms with Crippen LogP contribution in [-0.4, -0.2) is 19.1 Å². The third-order valence-corrected chi connectivity index (χ3v) is 4.35. The molecule has 0 saturated carbocycles. The van der Waals surface area contributed by atoms with Crippen LogP contribution in [0.1, 0.15) is 36.8 Å². The van der Waals surface area contributed by atoms with Crippen molar-refractivity contribution < 1.29 is 23.9 Å². The fraction of sp³-hybridized carbons (Fsp3) is 0.316. The second kappa shape index (κ2) is 7.11. The summed E-state index contributed by atoms with van der Waals surface area (Å²) in [5, 5.41) is 11.2. The monoisotopic (exact) mass is 358 g/mol. The molecular formula is C19H20NO6. The molecule has 0 aliphatic carbocycles. The molecule has 0 bridgehead atoms. The van der Waals surface area contributed by atoms with Crippen LogP contribution in [0.4, 0.5) is 0 Å². The molecule has 2 aromatic carbocycles. The van der Waals surface area contributed by atoms with E-state index in [0.717, 1.165) is 11.1 Å². The van der Waals surface area contributed by atoms with E-state index in [9.17, 15) is 10.1 Å². The van der Waals surface area contributed by atoms with Crippen molar-refractivity contribution in [2.75, 3.05) is 14.2 Å². The fourth-order valence-electron chi connectivity index (χ4n) is 2.96. The second-order valence-electron chi connectivity index (χ2n) is 5.83. The molecule has 0 N–H and O–H groups in total. The maximum Gasteiger partial charge on any atom is 0.317 e. The Bertz CT molecular complexity index is 813. The predicted molar refractivity (Wildman–Crippen MR) is 94.4 cm³/mol. The molecule has 0 fully saturated rings. The average Bonchev–Trinajstić information content (AvgIpc) is 3.10. The van der Waals surface area contributed by atoms with Gasteiger partial charge in [0.25, 0.3) is 6.29 Å². The molecule has 1 unspecified atom stereocenters. The molecule has 1 atom stereocenters. The molecule has 1 aliphatic rings. The zero-order valence-corrected chi connectivity index (χ0v) is 15.1. The van der Waals surface area contributed by atoms with Gasteiger partial charge in [0, 0.05) is 34.6 Å². The SMILES string of the molecule is CCc1c([C](C)[N+](=O)[O-])ccc2c1OC(c1cc(OC)cc(OC)c1)O2. The van der Waals surface area contributed by atoms with Crippen LogP contribution >= 0.6 is 0 Å². The summed E-state index contributed by atoms with van der Waals surface area (Å²) < 4.78 is 22.5. The fourth-order valence-corrected chi connectivity index (χ4v) is 2.96. The van der Waals surface area contributed by atoms with Crippen LogP contribution in [0.3, 0.4) is 0 Å². The van der Waals surface area contributed by atoms with E-state index in [0.29, 0.717) is 35.0 Å². The number of benzene rings is 2. The number of fused-ring (bicyclic) bond motifs is 1. The largest absolute Gasteiger partial charge is 0.497 e. The molecule has 1 heterocycles. The van der Waals surface area contributed by atoms with Crippen LogP contribution in [-0.2, 0) is 6.42 Å². The minimum absolute atomic E-state index is 0.0831. The number of methoxy groups -OCH3 is 2. The average molecular weight is 358 g/mol. The van der Waals surface area contributed by atoms with Gasteiger partial charge in [0.15, 0.2) is 11.5 Å². The second-order valence-corrected chi connectivity index (χ2v) is 5.83. The van der Waals surface area contributed by atoms with Gasteiger partial charge in [-0.2, -0.15) is 0 Å². The van der Waals surface area contributed by atoms with Gasteiger partial charge < -0.3 is 18.9 Å². The Hall–Kier alpha value is -2.96. The highest BCUT2D eigenvalue weighted by Gasteiger charge is 2.33. The van der Waals surface area contributed by atoms with Crippen LogP contribution in [0.5, 0.6) is 23.0 Å². The number of hydrogen-bond acceptors (Lipinski definition) is 6. The first-order valence-corrected chi connectivity index (χ1v) is 8.19. The van der Waals surface area contributed by atoms with Crippen molar-refractivity contribution in [1.82, 2.24) is 0 Å². The number of nitrogens with zero attached hydrogens (tertiary/aromatic N) is 1. The van der Waals surface area contributed by atoms with Gasteiger partial charge in [-0.05, 0) is 30.7 Å². The van der Waals surface area contributed by atoms with Crippen molar-refractivity contribution in [2.45, 2.75) is 26.6 Å². The summed E-state index contributed by atoms with van der Waals surface area (Å²) in [7, 11) is 3.14. The van der Waals surface area contributed by atoms with E-state index in [-0.39, 0.29) is 11.0 Å². The van der Waals surface area contributed by atoms with Gasteiger partial charge in [0.05, 0.1) is 14.2 Å². The highest BCUT2D eigenvalue weighted by molar-refractivity contribution is 5.56. The van der Waals surface area contributed by atoms with Gasteiger partial charge in [0.2, 0.25) is 0 Å². The van der Waals surface area contributed by atoms with Crippen molar-refractivity contribution in [2.24, 2.45) is 0 Å². The molecule has 7 nitrogen and oxygen atoms in total. The van der Waals surface area contributed by atoms with Crippen LogP contribution in [0.25, 0.3) is 0 Å². The van der Waals surface area contributed by atoms with Crippen molar-refractivity contribution in [3.63, 3.8) is 0 Å². The molecule has 2 aromatic rings. The highest BCUT2D eigenvalue weighted by Crippen LogP contribution is 2.46. The minimum Gasteiger partial charge on any atom is -0.497 e. The minimum atomic E-state index is -0.675. The quantitative estimate of drug-likeness (QED) is 0.575. The maximum atomic E-state index is 11.2. The standard InChI is InChI=1S/C19H20NO6/c1-5-15-16(11(2)20(21)22)6-7-17-18(15)26-19(25-17)12-8-13(23-3)10-14(9-12)24-4/h6-10,19H,5H2,1-4H3. The Balaban J connectivity index is 1.98. The number of ether oxygens (including phenoxy) is 4. The summed E-state index contributed by atoms with van der Waals surface area (Å²) in [6, 6.07) is 8.86. The van der Waals surface area contributed by atoms with Crippen molar-refractivity contribution >= 4 is 0 Å². The molecule has 0 saturated heterocycles. The van der Waals surface area contributed by atoms with Gasteiger partial charge in [-0.25, -0.2) is 0 Å². The smallest absolute Gasteiger partial charge is 0.317 e. The van der Waals surface area contributed by atoms with Gasteiger partial charge in [-0.1, -0.05) is 6.92 Å². The van der Waals surface area contributed by atoms with Gasteiger partial charge in [0.1, 0.15) is 11.5 Å². The molecule has 26 heavy (non-hydrogen) atoms. The van der Waals surface area contributed by atoms with Crippen LogP contribution in [0, 0.1) is 16.2 Å². The Kier molecular flexibility index (Phi) is 4.88. The van der Waals surface area contributed by atoms with E-state index >= 15 is 0 Å². The molecule has 0 amide bonds. The topological polar surface area (TPSA) is 80.1 Å². The molecule has 0 aromatic heterocycles. The lowest BCUT2D eigenvalue weighted by molar-refractivity contribution is -0.456. The predicted octanol–water partition coefficient (Wildman–Crippen LogP) is 3.91. The molecule has 3 rings (SSSR count). The van der Waals surface area contributed by atoms with Gasteiger partial charge in [-0.15, -0.1) is 0 Å². The van der Waals surface area contributed by atoms with E-state index < -0.39 is 6.29 Å². The Labute approximate surface area is 151 Å². The van der Waals surface area contributed by atoms with Crippen molar-refractivity contribution in [3.8, 4) is 23.0 Å². The van der Waals surface area contributed by atoms with E-state index in [1.807, 2.05) is 6.92 Å². The lowest BCUT2D eigenvalue weighted by atomic mass is 9.98. The summed E-state index contributed by atoms with van der Waals surface area (Å²) in [4.78, 5) is 10.8. The summed E-state index contributed by atoms with van der Waals surface area (Å²) in [6.45, 7) is 3.42. The van der Waals surface area contributed by atoms with Crippen LogP contribution in [0.2, 0.25) is 0 Å². The lowest BCUT2D eigenvalue weighted by Crippen LogP contribution is -2.11. The molecule has 7 heteroatoms. The molecular weight excluding hydrogens is 338 g/mol. The lowest BCUT2D eigenvalue weighted by Gasteiger charge is -2.14. The number of hydrogen-bond donors (Lipinski definition) is 0. The first kappa shape index (κ1) is 17.8. The van der Waals surface area contributed by atoms with Gasteiger partial charge >= 0.3 is 6.04 Å². The third-order valence-electron chi connectivity index (χ3n) is 4.35. The van der Waals surface area contributed by atoms with E-state index in [4.69, 9.17) is 18.9 Å². The zero-order chi connectivity index (χ0) is 18.8. The van der Waals surface area contributed by atoms with E-state index in [2.05, 4.69) is 0 Å². The summed E-state index contributed by atoms with van der Waals surface area (Å²) in [5.41, 5.74) is 2.05.